The topological polar surface area (TPSA) is 50.4 Å². The smallest absolute Gasteiger partial charge is 0.237 e. The molecule has 0 saturated carbocycles. The number of benzene rings is 1. The minimum atomic E-state index is -0.0296. The van der Waals surface area contributed by atoms with Crippen LogP contribution >= 0.6 is 11.3 Å². The van der Waals surface area contributed by atoms with Crippen molar-refractivity contribution in [1.82, 2.24) is 10.6 Å². The Bertz CT molecular complexity index is 607. The van der Waals surface area contributed by atoms with Gasteiger partial charge in [0.25, 0.3) is 0 Å². The molecule has 1 aromatic heterocycles. The van der Waals surface area contributed by atoms with E-state index in [1.54, 1.807) is 11.3 Å². The Morgan fingerprint density at radius 1 is 1.36 bits per heavy atom. The van der Waals surface area contributed by atoms with Gasteiger partial charge in [-0.25, -0.2) is 0 Å². The van der Waals surface area contributed by atoms with Gasteiger partial charge in [0.2, 0.25) is 5.91 Å². The Kier molecular flexibility index (Phi) is 5.08. The molecule has 1 aliphatic rings. The lowest BCUT2D eigenvalue weighted by Crippen LogP contribution is -2.39. The summed E-state index contributed by atoms with van der Waals surface area (Å²) in [7, 11) is 0. The molecule has 1 fully saturated rings. The number of thiophene rings is 1. The van der Waals surface area contributed by atoms with E-state index in [9.17, 15) is 4.79 Å². The molecule has 1 aromatic carbocycles. The second-order valence-electron chi connectivity index (χ2n) is 5.43. The highest BCUT2D eigenvalue weighted by molar-refractivity contribution is 7.07. The molecule has 2 aromatic rings. The van der Waals surface area contributed by atoms with Crippen molar-refractivity contribution in [2.24, 2.45) is 0 Å². The molecule has 1 atom stereocenters. The van der Waals surface area contributed by atoms with Crippen LogP contribution in [0.25, 0.3) is 0 Å². The second-order valence-corrected chi connectivity index (χ2v) is 6.21. The highest BCUT2D eigenvalue weighted by atomic mass is 32.1. The number of amides is 1. The third-order valence-electron chi connectivity index (χ3n) is 3.73. The van der Waals surface area contributed by atoms with E-state index in [0.717, 1.165) is 30.7 Å². The maximum absolute atomic E-state index is 12.0. The van der Waals surface area contributed by atoms with E-state index in [1.165, 1.54) is 5.56 Å². The van der Waals surface area contributed by atoms with Crippen molar-refractivity contribution >= 4 is 17.2 Å². The lowest BCUT2D eigenvalue weighted by molar-refractivity contribution is -0.122. The van der Waals surface area contributed by atoms with Gasteiger partial charge < -0.3 is 15.4 Å². The van der Waals surface area contributed by atoms with Crippen LogP contribution in [0.2, 0.25) is 0 Å². The maximum Gasteiger partial charge on any atom is 0.237 e. The van der Waals surface area contributed by atoms with Gasteiger partial charge in [0.15, 0.2) is 0 Å². The molecular weight excluding hydrogens is 296 g/mol. The summed E-state index contributed by atoms with van der Waals surface area (Å²) in [6, 6.07) is 9.91. The van der Waals surface area contributed by atoms with E-state index < -0.39 is 0 Å². The Morgan fingerprint density at radius 2 is 2.32 bits per heavy atom. The Morgan fingerprint density at radius 3 is 3.09 bits per heavy atom. The van der Waals surface area contributed by atoms with Crippen molar-refractivity contribution in [1.29, 1.82) is 0 Å². The fourth-order valence-corrected chi connectivity index (χ4v) is 3.16. The average Bonchev–Trinajstić information content (AvgIpc) is 3.24. The summed E-state index contributed by atoms with van der Waals surface area (Å²) in [5.74, 6) is 0.916. The van der Waals surface area contributed by atoms with Gasteiger partial charge >= 0.3 is 0 Å². The number of carbonyl (C=O) groups is 1. The Labute approximate surface area is 134 Å². The second kappa shape index (κ2) is 7.42. The van der Waals surface area contributed by atoms with Crippen LogP contribution in [0.15, 0.2) is 41.1 Å². The lowest BCUT2D eigenvalue weighted by Gasteiger charge is -2.12. The predicted molar refractivity (Wildman–Crippen MR) is 88.0 cm³/mol. The number of carbonyl (C=O) groups excluding carboxylic acids is 1. The van der Waals surface area contributed by atoms with Gasteiger partial charge in [0.05, 0.1) is 6.04 Å². The van der Waals surface area contributed by atoms with Crippen molar-refractivity contribution in [2.45, 2.75) is 32.0 Å². The molecule has 1 amide bonds. The number of hydrogen-bond donors (Lipinski definition) is 2. The summed E-state index contributed by atoms with van der Waals surface area (Å²) in [6.45, 7) is 2.04. The molecule has 1 unspecified atom stereocenters. The molecule has 3 rings (SSSR count). The molecule has 2 heterocycles. The summed E-state index contributed by atoms with van der Waals surface area (Å²) in [5, 5.41) is 10.3. The number of hydrogen-bond acceptors (Lipinski definition) is 4. The van der Waals surface area contributed by atoms with Crippen molar-refractivity contribution in [3.8, 4) is 5.75 Å². The molecule has 1 aliphatic heterocycles. The van der Waals surface area contributed by atoms with Crippen LogP contribution < -0.4 is 15.4 Å². The fourth-order valence-electron chi connectivity index (χ4n) is 2.51. The SMILES string of the molecule is O=C(NCc1cccc(OCc2ccsc2)c1)C1CCCN1. The van der Waals surface area contributed by atoms with Gasteiger partial charge in [0.1, 0.15) is 12.4 Å². The first kappa shape index (κ1) is 15.1. The van der Waals surface area contributed by atoms with Crippen molar-refractivity contribution in [3.63, 3.8) is 0 Å². The summed E-state index contributed by atoms with van der Waals surface area (Å²) >= 11 is 1.67. The molecule has 5 heteroatoms. The van der Waals surface area contributed by atoms with Crippen LogP contribution in [0.3, 0.4) is 0 Å². The molecule has 1 saturated heterocycles. The minimum absolute atomic E-state index is 0.0296. The average molecular weight is 316 g/mol. The Balaban J connectivity index is 1.51. The third kappa shape index (κ3) is 4.08. The van der Waals surface area contributed by atoms with E-state index in [1.807, 2.05) is 29.6 Å². The zero-order valence-electron chi connectivity index (χ0n) is 12.4. The van der Waals surface area contributed by atoms with Crippen LogP contribution in [0, 0.1) is 0 Å². The van der Waals surface area contributed by atoms with E-state index in [-0.39, 0.29) is 11.9 Å². The van der Waals surface area contributed by atoms with E-state index in [0.29, 0.717) is 13.2 Å². The third-order valence-corrected chi connectivity index (χ3v) is 4.46. The molecule has 22 heavy (non-hydrogen) atoms. The fraction of sp³-hybridized carbons (Fsp3) is 0.353. The zero-order valence-corrected chi connectivity index (χ0v) is 13.2. The van der Waals surface area contributed by atoms with Crippen molar-refractivity contribution in [2.75, 3.05) is 6.54 Å². The minimum Gasteiger partial charge on any atom is -0.489 e. The van der Waals surface area contributed by atoms with Gasteiger partial charge in [0, 0.05) is 6.54 Å². The summed E-state index contributed by atoms with van der Waals surface area (Å²) in [4.78, 5) is 12.0. The first-order valence-electron chi connectivity index (χ1n) is 7.55. The van der Waals surface area contributed by atoms with E-state index >= 15 is 0 Å². The number of nitrogens with one attached hydrogen (secondary N) is 2. The maximum atomic E-state index is 12.0. The molecule has 0 aliphatic carbocycles. The van der Waals surface area contributed by atoms with E-state index in [4.69, 9.17) is 4.74 Å². The van der Waals surface area contributed by atoms with Crippen LogP contribution in [0.1, 0.15) is 24.0 Å². The van der Waals surface area contributed by atoms with Gasteiger partial charge in [-0.3, -0.25) is 4.79 Å². The summed E-state index contributed by atoms with van der Waals surface area (Å²) < 4.78 is 5.78. The molecule has 2 N–H and O–H groups in total. The monoisotopic (exact) mass is 316 g/mol. The van der Waals surface area contributed by atoms with Gasteiger partial charge in [-0.1, -0.05) is 12.1 Å². The van der Waals surface area contributed by atoms with Gasteiger partial charge in [-0.15, -0.1) is 0 Å². The molecule has 116 valence electrons. The number of rotatable bonds is 6. The van der Waals surface area contributed by atoms with Gasteiger partial charge in [-0.05, 0) is 59.5 Å². The van der Waals surface area contributed by atoms with Crippen LogP contribution in [-0.4, -0.2) is 18.5 Å². The molecule has 0 bridgehead atoms. The predicted octanol–water partition coefficient (Wildman–Crippen LogP) is 2.70. The normalized spacial score (nSPS) is 17.4. The highest BCUT2D eigenvalue weighted by Crippen LogP contribution is 2.16. The van der Waals surface area contributed by atoms with Crippen LogP contribution in [-0.2, 0) is 17.9 Å². The molecular formula is C17H20N2O2S. The van der Waals surface area contributed by atoms with Crippen LogP contribution in [0.4, 0.5) is 0 Å². The van der Waals surface area contributed by atoms with Gasteiger partial charge in [-0.2, -0.15) is 11.3 Å². The molecule has 0 radical (unpaired) electrons. The summed E-state index contributed by atoms with van der Waals surface area (Å²) in [6.07, 6.45) is 2.00. The summed E-state index contributed by atoms with van der Waals surface area (Å²) in [5.41, 5.74) is 2.23. The Hall–Kier alpha value is -1.85. The van der Waals surface area contributed by atoms with Crippen molar-refractivity contribution < 1.29 is 9.53 Å². The first-order chi connectivity index (χ1) is 10.8. The quantitative estimate of drug-likeness (QED) is 0.861. The van der Waals surface area contributed by atoms with Crippen LogP contribution in [0.5, 0.6) is 5.75 Å². The number of ether oxygens (including phenoxy) is 1. The standard InChI is InChI=1S/C17H20N2O2S/c20-17(16-5-2-7-18-16)19-10-13-3-1-4-15(9-13)21-11-14-6-8-22-12-14/h1,3-4,6,8-9,12,16,18H,2,5,7,10-11H2,(H,19,20). The molecule has 0 spiro atoms. The first-order valence-corrected chi connectivity index (χ1v) is 8.49. The van der Waals surface area contributed by atoms with Crippen molar-refractivity contribution in [3.05, 3.63) is 52.2 Å². The zero-order chi connectivity index (χ0) is 15.2. The largest absolute Gasteiger partial charge is 0.489 e. The lowest BCUT2D eigenvalue weighted by atomic mass is 10.2. The van der Waals surface area contributed by atoms with E-state index in [2.05, 4.69) is 22.1 Å². The highest BCUT2D eigenvalue weighted by Gasteiger charge is 2.21. The molecule has 4 nitrogen and oxygen atoms in total.